The van der Waals surface area contributed by atoms with Crippen LogP contribution >= 0.6 is 0 Å². The summed E-state index contributed by atoms with van der Waals surface area (Å²) in [6.07, 6.45) is 3.06. The van der Waals surface area contributed by atoms with Crippen LogP contribution in [0.25, 0.3) is 5.76 Å². The second-order valence-corrected chi connectivity index (χ2v) is 7.01. The molecule has 0 saturated carbocycles. The highest BCUT2D eigenvalue weighted by Gasteiger charge is 2.48. The van der Waals surface area contributed by atoms with Gasteiger partial charge in [-0.05, 0) is 42.0 Å². The molecular formula is C24H20N2O6. The van der Waals surface area contributed by atoms with Crippen molar-refractivity contribution in [2.75, 3.05) is 19.1 Å². The van der Waals surface area contributed by atoms with E-state index in [2.05, 4.69) is 4.98 Å². The number of carbonyl (C=O) groups is 2. The van der Waals surface area contributed by atoms with Crippen molar-refractivity contribution in [1.82, 2.24) is 4.98 Å². The molecule has 3 aromatic rings. The Balaban J connectivity index is 2.00. The number of phenolic OH excluding ortho intramolecular Hbond substituents is 1. The summed E-state index contributed by atoms with van der Waals surface area (Å²) in [6.45, 7) is 0. The van der Waals surface area contributed by atoms with Gasteiger partial charge >= 0.3 is 0 Å². The zero-order valence-corrected chi connectivity index (χ0v) is 17.4. The van der Waals surface area contributed by atoms with E-state index in [9.17, 15) is 19.8 Å². The normalized spacial score (nSPS) is 17.4. The van der Waals surface area contributed by atoms with Gasteiger partial charge in [-0.25, -0.2) is 0 Å². The number of hydrogen-bond donors (Lipinski definition) is 2. The smallest absolute Gasteiger partial charge is 0.300 e. The Kier molecular flexibility index (Phi) is 5.51. The maximum Gasteiger partial charge on any atom is 0.300 e. The van der Waals surface area contributed by atoms with Crippen LogP contribution in [0.4, 0.5) is 5.69 Å². The Morgan fingerprint density at radius 3 is 2.47 bits per heavy atom. The van der Waals surface area contributed by atoms with Crippen molar-refractivity contribution in [3.05, 3.63) is 83.7 Å². The molecule has 1 unspecified atom stereocenters. The predicted molar refractivity (Wildman–Crippen MR) is 117 cm³/mol. The van der Waals surface area contributed by atoms with Crippen molar-refractivity contribution < 1.29 is 29.3 Å². The predicted octanol–water partition coefficient (Wildman–Crippen LogP) is 3.43. The molecule has 1 fully saturated rings. The zero-order valence-electron chi connectivity index (χ0n) is 17.4. The maximum absolute atomic E-state index is 13.2. The topological polar surface area (TPSA) is 109 Å². The van der Waals surface area contributed by atoms with Gasteiger partial charge in [0.1, 0.15) is 23.0 Å². The van der Waals surface area contributed by atoms with Crippen LogP contribution in [0.1, 0.15) is 17.2 Å². The van der Waals surface area contributed by atoms with E-state index in [1.54, 1.807) is 42.6 Å². The number of methoxy groups -OCH3 is 2. The van der Waals surface area contributed by atoms with Crippen LogP contribution in [0, 0.1) is 0 Å². The van der Waals surface area contributed by atoms with Crippen molar-refractivity contribution >= 4 is 23.1 Å². The number of aliphatic hydroxyl groups excluding tert-OH is 1. The van der Waals surface area contributed by atoms with Crippen molar-refractivity contribution in [1.29, 1.82) is 0 Å². The van der Waals surface area contributed by atoms with E-state index in [0.717, 1.165) is 4.90 Å². The van der Waals surface area contributed by atoms with Gasteiger partial charge in [0.2, 0.25) is 0 Å². The molecule has 1 aliphatic heterocycles. The molecule has 1 atom stereocenters. The fourth-order valence-electron chi connectivity index (χ4n) is 3.75. The Labute approximate surface area is 184 Å². The molecule has 1 amide bonds. The summed E-state index contributed by atoms with van der Waals surface area (Å²) in [4.78, 5) is 31.5. The summed E-state index contributed by atoms with van der Waals surface area (Å²) < 4.78 is 10.6. The lowest BCUT2D eigenvalue weighted by atomic mass is 9.95. The van der Waals surface area contributed by atoms with Crippen molar-refractivity contribution in [2.24, 2.45) is 0 Å². The van der Waals surface area contributed by atoms with Gasteiger partial charge in [-0.3, -0.25) is 19.5 Å². The first-order valence-corrected chi connectivity index (χ1v) is 9.69. The molecule has 32 heavy (non-hydrogen) atoms. The Bertz CT molecular complexity index is 1220. The number of pyridine rings is 1. The molecule has 0 radical (unpaired) electrons. The van der Waals surface area contributed by atoms with Gasteiger partial charge in [0.15, 0.2) is 0 Å². The van der Waals surface area contributed by atoms with Gasteiger partial charge in [-0.1, -0.05) is 18.2 Å². The summed E-state index contributed by atoms with van der Waals surface area (Å²) in [7, 11) is 2.90. The number of ether oxygens (including phenoxy) is 2. The second-order valence-electron chi connectivity index (χ2n) is 7.01. The molecule has 1 aliphatic rings. The molecule has 0 aliphatic carbocycles. The number of amides is 1. The van der Waals surface area contributed by atoms with Crippen molar-refractivity contribution in [3.8, 4) is 17.2 Å². The van der Waals surface area contributed by atoms with E-state index < -0.39 is 23.5 Å². The standard InChI is InChI=1S/C24H20N2O6/c1-31-15-9-10-19(32-2)16(12-15)22(28)20-21(14-6-5-11-25-13-14)26(24(30)23(20)29)17-7-3-4-8-18(17)27/h3-13,21,27-28H,1-2H3/b22-20+. The number of anilines is 1. The average molecular weight is 432 g/mol. The van der Waals surface area contributed by atoms with Gasteiger partial charge in [0.05, 0.1) is 37.1 Å². The number of Topliss-reactive ketones (excluding diaryl/α,β-unsaturated/α-hetero) is 1. The summed E-state index contributed by atoms with van der Waals surface area (Å²) in [5.41, 5.74) is 0.660. The van der Waals surface area contributed by atoms with Crippen LogP contribution in [0.3, 0.4) is 0 Å². The molecule has 8 nitrogen and oxygen atoms in total. The van der Waals surface area contributed by atoms with Crippen molar-refractivity contribution in [3.63, 3.8) is 0 Å². The van der Waals surface area contributed by atoms with E-state index in [1.807, 2.05) is 0 Å². The first-order chi connectivity index (χ1) is 15.5. The minimum Gasteiger partial charge on any atom is -0.507 e. The number of hydrogen-bond acceptors (Lipinski definition) is 7. The number of carbonyl (C=O) groups excluding carboxylic acids is 2. The molecule has 1 aromatic heterocycles. The Hall–Kier alpha value is -4.33. The van der Waals surface area contributed by atoms with Crippen LogP contribution in [0.2, 0.25) is 0 Å². The van der Waals surface area contributed by atoms with E-state index in [0.29, 0.717) is 17.1 Å². The third-order valence-electron chi connectivity index (χ3n) is 5.25. The largest absolute Gasteiger partial charge is 0.507 e. The van der Waals surface area contributed by atoms with Gasteiger partial charge in [-0.15, -0.1) is 0 Å². The summed E-state index contributed by atoms with van der Waals surface area (Å²) in [5.74, 6) is -1.66. The maximum atomic E-state index is 13.2. The number of ketones is 1. The highest BCUT2D eigenvalue weighted by Crippen LogP contribution is 2.45. The van der Waals surface area contributed by atoms with Crippen LogP contribution < -0.4 is 14.4 Å². The third kappa shape index (κ3) is 3.41. The van der Waals surface area contributed by atoms with Crippen LogP contribution in [-0.4, -0.2) is 41.1 Å². The molecule has 0 bridgehead atoms. The van der Waals surface area contributed by atoms with Crippen molar-refractivity contribution in [2.45, 2.75) is 6.04 Å². The number of nitrogens with zero attached hydrogens (tertiary/aromatic N) is 2. The van der Waals surface area contributed by atoms with Gasteiger partial charge in [-0.2, -0.15) is 0 Å². The summed E-state index contributed by atoms with van der Waals surface area (Å²) >= 11 is 0. The molecule has 4 rings (SSSR count). The summed E-state index contributed by atoms with van der Waals surface area (Å²) in [5, 5.41) is 21.7. The Morgan fingerprint density at radius 1 is 1.03 bits per heavy atom. The fourth-order valence-corrected chi connectivity index (χ4v) is 3.75. The molecule has 162 valence electrons. The Morgan fingerprint density at radius 2 is 1.81 bits per heavy atom. The van der Waals surface area contributed by atoms with Gasteiger partial charge in [0.25, 0.3) is 11.7 Å². The average Bonchev–Trinajstić information content (AvgIpc) is 3.09. The lowest BCUT2D eigenvalue weighted by molar-refractivity contribution is -0.132. The van der Waals surface area contributed by atoms with E-state index >= 15 is 0 Å². The highest BCUT2D eigenvalue weighted by atomic mass is 16.5. The van der Waals surface area contributed by atoms with Gasteiger partial charge in [0, 0.05) is 12.4 Å². The number of rotatable bonds is 5. The number of benzene rings is 2. The van der Waals surface area contributed by atoms with Gasteiger partial charge < -0.3 is 19.7 Å². The summed E-state index contributed by atoms with van der Waals surface area (Å²) in [6, 6.07) is 13.3. The zero-order chi connectivity index (χ0) is 22.8. The van der Waals surface area contributed by atoms with Crippen LogP contribution in [0.15, 0.2) is 72.6 Å². The second kappa shape index (κ2) is 8.43. The molecule has 0 spiro atoms. The quantitative estimate of drug-likeness (QED) is 0.361. The van der Waals surface area contributed by atoms with Crippen LogP contribution in [0.5, 0.6) is 17.2 Å². The number of aliphatic hydroxyl groups is 1. The van der Waals surface area contributed by atoms with E-state index in [4.69, 9.17) is 9.47 Å². The molecule has 1 saturated heterocycles. The third-order valence-corrected chi connectivity index (χ3v) is 5.25. The number of aromatic hydroxyl groups is 1. The molecule has 2 aromatic carbocycles. The first kappa shape index (κ1) is 20.9. The monoisotopic (exact) mass is 432 g/mol. The minimum atomic E-state index is -1.02. The highest BCUT2D eigenvalue weighted by molar-refractivity contribution is 6.52. The van der Waals surface area contributed by atoms with Crippen LogP contribution in [-0.2, 0) is 9.59 Å². The molecular weight excluding hydrogens is 412 g/mol. The molecule has 2 N–H and O–H groups in total. The van der Waals surface area contributed by atoms with E-state index in [-0.39, 0.29) is 22.6 Å². The fraction of sp³-hybridized carbons (Fsp3) is 0.125. The minimum absolute atomic E-state index is 0.139. The molecule has 8 heteroatoms. The molecule has 2 heterocycles. The number of para-hydroxylation sites is 2. The first-order valence-electron chi connectivity index (χ1n) is 9.69. The van der Waals surface area contributed by atoms with E-state index in [1.165, 1.54) is 38.6 Å². The number of aromatic nitrogens is 1. The number of phenols is 1. The lowest BCUT2D eigenvalue weighted by Crippen LogP contribution is -2.29. The lowest BCUT2D eigenvalue weighted by Gasteiger charge is -2.25. The SMILES string of the molecule is COc1ccc(OC)c(/C(O)=C2\C(=O)C(=O)N(c3ccccc3O)C2c2cccnc2)c1.